The largest absolute Gasteiger partial charge is 0.455 e. The number of hydrogen-bond donors (Lipinski definition) is 2. The number of amides is 1. The molecule has 0 bridgehead atoms. The quantitative estimate of drug-likeness (QED) is 0.596. The van der Waals surface area contributed by atoms with Gasteiger partial charge in [0.25, 0.3) is 0 Å². The molecular weight excluding hydrogens is 356 g/mol. The molecule has 3 aromatic carbocycles. The lowest BCUT2D eigenvalue weighted by Gasteiger charge is -2.25. The summed E-state index contributed by atoms with van der Waals surface area (Å²) in [4.78, 5) is 13.5. The van der Waals surface area contributed by atoms with Crippen molar-refractivity contribution in [2.75, 3.05) is 11.1 Å². The van der Waals surface area contributed by atoms with Crippen molar-refractivity contribution < 1.29 is 9.53 Å². The van der Waals surface area contributed by atoms with Crippen LogP contribution in [-0.4, -0.2) is 5.91 Å². The summed E-state index contributed by atoms with van der Waals surface area (Å²) in [6, 6.07) is 19.5. The molecular formula is C22H20N2O2S. The van der Waals surface area contributed by atoms with Crippen molar-refractivity contribution in [2.24, 2.45) is 0 Å². The average Bonchev–Trinajstić information content (AvgIpc) is 2.62. The highest BCUT2D eigenvalue weighted by molar-refractivity contribution is 8.00. The number of carbonyl (C=O) groups is 1. The number of ether oxygens (including phenoxy) is 1. The summed E-state index contributed by atoms with van der Waals surface area (Å²) in [6.07, 6.45) is 0. The number of carbonyl (C=O) groups excluding carboxylic acids is 1. The Bertz CT molecular complexity index is 998. The first kappa shape index (κ1) is 17.5. The normalized spacial score (nSPS) is 15.8. The molecule has 0 saturated carbocycles. The summed E-state index contributed by atoms with van der Waals surface area (Å²) in [5.41, 5.74) is 10.6. The standard InChI is InChI=1S/C22H20N2O2S/c1-13-8-14(2)10-16(9-13)26-19-12-20-18(11-17(19)23)24-22(25)21(27-20)15-6-4-3-5-7-15/h3-12,21H,23H2,1-2H3,(H,24,25). The lowest BCUT2D eigenvalue weighted by molar-refractivity contribution is -0.115. The lowest BCUT2D eigenvalue weighted by atomic mass is 10.1. The number of benzene rings is 3. The SMILES string of the molecule is Cc1cc(C)cc(Oc2cc3c(cc2N)NC(=O)C(c2ccccc2)S3)c1. The Morgan fingerprint density at radius 1 is 1.00 bits per heavy atom. The zero-order valence-corrected chi connectivity index (χ0v) is 16.0. The van der Waals surface area contributed by atoms with Gasteiger partial charge in [-0.05, 0) is 54.8 Å². The Morgan fingerprint density at radius 3 is 2.41 bits per heavy atom. The van der Waals surface area contributed by atoms with Crippen molar-refractivity contribution in [3.63, 3.8) is 0 Å². The van der Waals surface area contributed by atoms with Gasteiger partial charge in [-0.1, -0.05) is 36.4 Å². The number of rotatable bonds is 3. The molecule has 4 rings (SSSR count). The van der Waals surface area contributed by atoms with E-state index in [0.717, 1.165) is 33.0 Å². The minimum absolute atomic E-state index is 0.0407. The van der Waals surface area contributed by atoms with E-state index in [1.807, 2.05) is 62.4 Å². The Morgan fingerprint density at radius 2 is 1.70 bits per heavy atom. The van der Waals surface area contributed by atoms with Gasteiger partial charge in [0.1, 0.15) is 11.0 Å². The summed E-state index contributed by atoms with van der Waals surface area (Å²) in [5.74, 6) is 1.30. The molecule has 3 aromatic rings. The fraction of sp³-hybridized carbons (Fsp3) is 0.136. The van der Waals surface area contributed by atoms with E-state index in [-0.39, 0.29) is 11.2 Å². The van der Waals surface area contributed by atoms with Crippen molar-refractivity contribution in [1.82, 2.24) is 0 Å². The van der Waals surface area contributed by atoms with Crippen LogP contribution in [0.5, 0.6) is 11.5 Å². The van der Waals surface area contributed by atoms with Crippen molar-refractivity contribution in [3.8, 4) is 11.5 Å². The number of fused-ring (bicyclic) bond motifs is 1. The van der Waals surface area contributed by atoms with Crippen LogP contribution in [0.15, 0.2) is 65.6 Å². The second-order valence-electron chi connectivity index (χ2n) is 6.71. The van der Waals surface area contributed by atoms with Gasteiger partial charge in [0.2, 0.25) is 5.91 Å². The molecule has 136 valence electrons. The molecule has 0 fully saturated rings. The first-order valence-electron chi connectivity index (χ1n) is 8.72. The molecule has 1 aliphatic heterocycles. The van der Waals surface area contributed by atoms with Crippen LogP contribution in [0.4, 0.5) is 11.4 Å². The first-order chi connectivity index (χ1) is 13.0. The van der Waals surface area contributed by atoms with Crippen LogP contribution < -0.4 is 15.8 Å². The van der Waals surface area contributed by atoms with E-state index in [1.54, 1.807) is 6.07 Å². The third kappa shape index (κ3) is 3.64. The maximum absolute atomic E-state index is 12.5. The average molecular weight is 376 g/mol. The van der Waals surface area contributed by atoms with Crippen molar-refractivity contribution in [1.29, 1.82) is 0 Å². The smallest absolute Gasteiger partial charge is 0.242 e. The van der Waals surface area contributed by atoms with Gasteiger partial charge in [0, 0.05) is 4.90 Å². The zero-order valence-electron chi connectivity index (χ0n) is 15.2. The first-order valence-corrected chi connectivity index (χ1v) is 9.60. The van der Waals surface area contributed by atoms with Gasteiger partial charge in [0.05, 0.1) is 11.4 Å². The molecule has 0 radical (unpaired) electrons. The molecule has 0 spiro atoms. The minimum Gasteiger partial charge on any atom is -0.455 e. The number of anilines is 2. The van der Waals surface area contributed by atoms with Gasteiger partial charge in [-0.2, -0.15) is 0 Å². The van der Waals surface area contributed by atoms with Crippen LogP contribution in [0.1, 0.15) is 21.9 Å². The van der Waals surface area contributed by atoms with Gasteiger partial charge >= 0.3 is 0 Å². The molecule has 0 aromatic heterocycles. The highest BCUT2D eigenvalue weighted by Gasteiger charge is 2.29. The molecule has 1 unspecified atom stereocenters. The summed E-state index contributed by atoms with van der Waals surface area (Å²) in [6.45, 7) is 4.07. The van der Waals surface area contributed by atoms with E-state index >= 15 is 0 Å². The third-order valence-electron chi connectivity index (χ3n) is 4.38. The van der Waals surface area contributed by atoms with E-state index in [1.165, 1.54) is 11.8 Å². The molecule has 3 N–H and O–H groups in total. The summed E-state index contributed by atoms with van der Waals surface area (Å²) in [7, 11) is 0. The molecule has 1 aliphatic rings. The van der Waals surface area contributed by atoms with Gasteiger partial charge < -0.3 is 15.8 Å². The summed E-state index contributed by atoms with van der Waals surface area (Å²) >= 11 is 1.51. The van der Waals surface area contributed by atoms with Gasteiger partial charge in [-0.15, -0.1) is 11.8 Å². The summed E-state index contributed by atoms with van der Waals surface area (Å²) < 4.78 is 6.05. The van der Waals surface area contributed by atoms with Crippen LogP contribution in [0, 0.1) is 13.8 Å². The number of aryl methyl sites for hydroxylation is 2. The van der Waals surface area contributed by atoms with Gasteiger partial charge in [-0.3, -0.25) is 4.79 Å². The highest BCUT2D eigenvalue weighted by Crippen LogP contribution is 2.47. The molecule has 0 aliphatic carbocycles. The zero-order chi connectivity index (χ0) is 19.0. The number of nitrogen functional groups attached to an aromatic ring is 1. The molecule has 27 heavy (non-hydrogen) atoms. The van der Waals surface area contributed by atoms with E-state index < -0.39 is 0 Å². The van der Waals surface area contributed by atoms with Crippen LogP contribution in [0.25, 0.3) is 0 Å². The van der Waals surface area contributed by atoms with Gasteiger partial charge in [-0.25, -0.2) is 0 Å². The Hall–Kier alpha value is -2.92. The van der Waals surface area contributed by atoms with Crippen molar-refractivity contribution >= 4 is 29.0 Å². The number of thioether (sulfide) groups is 1. The van der Waals surface area contributed by atoms with Crippen LogP contribution in [-0.2, 0) is 4.79 Å². The molecule has 1 heterocycles. The van der Waals surface area contributed by atoms with Crippen LogP contribution in [0.2, 0.25) is 0 Å². The monoisotopic (exact) mass is 376 g/mol. The fourth-order valence-electron chi connectivity index (χ4n) is 3.21. The maximum Gasteiger partial charge on any atom is 0.242 e. The number of nitrogens with two attached hydrogens (primary N) is 1. The van der Waals surface area contributed by atoms with Crippen molar-refractivity contribution in [3.05, 3.63) is 77.4 Å². The molecule has 0 saturated heterocycles. The Balaban J connectivity index is 1.67. The Kier molecular flexibility index (Phi) is 4.54. The third-order valence-corrected chi connectivity index (χ3v) is 5.69. The number of hydrogen-bond acceptors (Lipinski definition) is 4. The molecule has 5 heteroatoms. The van der Waals surface area contributed by atoms with E-state index in [2.05, 4.69) is 11.4 Å². The maximum atomic E-state index is 12.5. The predicted molar refractivity (Wildman–Crippen MR) is 111 cm³/mol. The summed E-state index contributed by atoms with van der Waals surface area (Å²) in [5, 5.41) is 2.67. The van der Waals surface area contributed by atoms with E-state index in [4.69, 9.17) is 10.5 Å². The van der Waals surface area contributed by atoms with Gasteiger partial charge in [0.15, 0.2) is 5.75 Å². The van der Waals surface area contributed by atoms with Crippen LogP contribution in [0.3, 0.4) is 0 Å². The topological polar surface area (TPSA) is 64.3 Å². The van der Waals surface area contributed by atoms with E-state index in [0.29, 0.717) is 11.4 Å². The second-order valence-corrected chi connectivity index (χ2v) is 7.86. The second kappa shape index (κ2) is 7.00. The number of nitrogens with one attached hydrogen (secondary N) is 1. The van der Waals surface area contributed by atoms with Crippen LogP contribution >= 0.6 is 11.8 Å². The lowest BCUT2D eigenvalue weighted by Crippen LogP contribution is -2.23. The Labute approximate surface area is 162 Å². The molecule has 4 nitrogen and oxygen atoms in total. The van der Waals surface area contributed by atoms with E-state index in [9.17, 15) is 4.79 Å². The molecule has 1 amide bonds. The van der Waals surface area contributed by atoms with Crippen molar-refractivity contribution in [2.45, 2.75) is 24.0 Å². The highest BCUT2D eigenvalue weighted by atomic mass is 32.2. The minimum atomic E-state index is -0.295. The molecule has 1 atom stereocenters. The predicted octanol–water partition coefficient (Wildman–Crippen LogP) is 5.46. The fourth-order valence-corrected chi connectivity index (χ4v) is 4.33.